The highest BCUT2D eigenvalue weighted by atomic mass is 35.5. The van der Waals surface area contributed by atoms with Gasteiger partial charge in [0.1, 0.15) is 10.3 Å². The molecule has 0 aromatic carbocycles. The highest BCUT2D eigenvalue weighted by Gasteiger charge is 2.30. The zero-order valence-electron chi connectivity index (χ0n) is 21.7. The number of likely N-dealkylation sites (tertiary alicyclic amines) is 1. The SMILES string of the molecule is COC(=O)CCC(=O)N(Cc1ccsc1)C1CCN([C@H](C)CCCC(=O)c2c(C)cc(Cl)nc2Cl)CC1. The number of amides is 1. The van der Waals surface area contributed by atoms with Gasteiger partial charge in [-0.25, -0.2) is 4.98 Å². The van der Waals surface area contributed by atoms with Gasteiger partial charge >= 0.3 is 5.97 Å². The first kappa shape index (κ1) is 29.6. The first-order chi connectivity index (χ1) is 17.7. The summed E-state index contributed by atoms with van der Waals surface area (Å²) in [5.74, 6) is -0.380. The molecule has 0 saturated carbocycles. The van der Waals surface area contributed by atoms with E-state index in [1.807, 2.05) is 23.3 Å². The maximum atomic E-state index is 13.0. The van der Waals surface area contributed by atoms with Crippen molar-refractivity contribution in [2.75, 3.05) is 20.2 Å². The van der Waals surface area contributed by atoms with Crippen molar-refractivity contribution < 1.29 is 19.1 Å². The lowest BCUT2D eigenvalue weighted by atomic mass is 9.97. The zero-order valence-corrected chi connectivity index (χ0v) is 24.0. The lowest BCUT2D eigenvalue weighted by molar-refractivity contribution is -0.144. The van der Waals surface area contributed by atoms with Gasteiger partial charge in [-0.1, -0.05) is 23.2 Å². The molecule has 1 amide bonds. The van der Waals surface area contributed by atoms with E-state index >= 15 is 0 Å². The fourth-order valence-corrected chi connectivity index (χ4v) is 6.19. The summed E-state index contributed by atoms with van der Waals surface area (Å²) in [7, 11) is 1.34. The normalized spacial score (nSPS) is 15.4. The smallest absolute Gasteiger partial charge is 0.306 e. The van der Waals surface area contributed by atoms with Gasteiger partial charge in [0.05, 0.1) is 19.1 Å². The number of nitrogens with zero attached hydrogens (tertiary/aromatic N) is 3. The number of halogens is 2. The van der Waals surface area contributed by atoms with Crippen LogP contribution in [0.2, 0.25) is 10.3 Å². The van der Waals surface area contributed by atoms with Crippen LogP contribution in [0.25, 0.3) is 0 Å². The third-order valence-electron chi connectivity index (χ3n) is 7.03. The average molecular weight is 569 g/mol. The van der Waals surface area contributed by atoms with Crippen LogP contribution in [0.3, 0.4) is 0 Å². The van der Waals surface area contributed by atoms with Crippen LogP contribution < -0.4 is 0 Å². The molecule has 1 fully saturated rings. The molecule has 0 N–H and O–H groups in total. The molecule has 202 valence electrons. The van der Waals surface area contributed by atoms with Crippen LogP contribution in [0.4, 0.5) is 0 Å². The van der Waals surface area contributed by atoms with Gasteiger partial charge < -0.3 is 14.5 Å². The number of ketones is 1. The predicted molar refractivity (Wildman–Crippen MR) is 147 cm³/mol. The number of ether oxygens (including phenoxy) is 1. The third-order valence-corrected chi connectivity index (χ3v) is 8.23. The van der Waals surface area contributed by atoms with Gasteiger partial charge in [0.2, 0.25) is 5.91 Å². The van der Waals surface area contributed by atoms with Crippen LogP contribution in [0, 0.1) is 6.92 Å². The second kappa shape index (κ2) is 14.2. The Morgan fingerprint density at radius 2 is 1.95 bits per heavy atom. The number of pyridine rings is 1. The van der Waals surface area contributed by atoms with Gasteiger partial charge in [-0.15, -0.1) is 0 Å². The number of esters is 1. The largest absolute Gasteiger partial charge is 0.469 e. The third kappa shape index (κ3) is 8.50. The number of piperidine rings is 1. The molecule has 1 saturated heterocycles. The van der Waals surface area contributed by atoms with Crippen molar-refractivity contribution in [2.24, 2.45) is 0 Å². The van der Waals surface area contributed by atoms with E-state index in [0.29, 0.717) is 24.6 Å². The van der Waals surface area contributed by atoms with Crippen LogP contribution in [0.15, 0.2) is 22.9 Å². The minimum atomic E-state index is -0.365. The Hall–Kier alpha value is -2.00. The number of carbonyl (C=O) groups is 3. The first-order valence-electron chi connectivity index (χ1n) is 12.7. The summed E-state index contributed by atoms with van der Waals surface area (Å²) in [5, 5.41) is 4.53. The minimum Gasteiger partial charge on any atom is -0.469 e. The molecule has 3 heterocycles. The van der Waals surface area contributed by atoms with E-state index in [1.54, 1.807) is 17.4 Å². The van der Waals surface area contributed by atoms with Crippen LogP contribution in [-0.2, 0) is 20.9 Å². The molecule has 0 radical (unpaired) electrons. The predicted octanol–water partition coefficient (Wildman–Crippen LogP) is 5.95. The molecular formula is C27H35Cl2N3O4S. The molecule has 37 heavy (non-hydrogen) atoms. The van der Waals surface area contributed by atoms with Crippen LogP contribution in [0.5, 0.6) is 0 Å². The summed E-state index contributed by atoms with van der Waals surface area (Å²) in [6.07, 6.45) is 4.08. The average Bonchev–Trinajstić information content (AvgIpc) is 3.38. The van der Waals surface area contributed by atoms with Gasteiger partial charge in [0.25, 0.3) is 0 Å². The van der Waals surface area contributed by atoms with Gasteiger partial charge in [0, 0.05) is 44.6 Å². The van der Waals surface area contributed by atoms with E-state index in [0.717, 1.165) is 49.9 Å². The molecule has 0 bridgehead atoms. The standard InChI is InChI=1S/C27H35Cl2N3O4S/c1-18-15-23(28)30-27(29)26(18)22(33)6-4-5-19(2)31-12-9-21(10-13-31)32(16-20-11-14-37-17-20)24(34)7-8-25(35)36-3/h11,14-15,17,19,21H,4-10,12-13,16H2,1-3H3/t19-/m1/s1. The Morgan fingerprint density at radius 3 is 2.57 bits per heavy atom. The van der Waals surface area contributed by atoms with Crippen molar-refractivity contribution in [3.05, 3.63) is 49.9 Å². The molecule has 0 unspecified atom stereocenters. The molecule has 7 nitrogen and oxygen atoms in total. The maximum absolute atomic E-state index is 13.0. The van der Waals surface area contributed by atoms with Crippen molar-refractivity contribution in [2.45, 2.75) is 77.4 Å². The van der Waals surface area contributed by atoms with E-state index in [1.165, 1.54) is 7.11 Å². The molecule has 2 aromatic rings. The van der Waals surface area contributed by atoms with Gasteiger partial charge in [0.15, 0.2) is 5.78 Å². The molecule has 0 aliphatic carbocycles. The quantitative estimate of drug-likeness (QED) is 0.179. The number of rotatable bonds is 12. The number of aromatic nitrogens is 1. The summed E-state index contributed by atoms with van der Waals surface area (Å²) in [5.41, 5.74) is 2.32. The molecule has 10 heteroatoms. The summed E-state index contributed by atoms with van der Waals surface area (Å²) < 4.78 is 4.71. The van der Waals surface area contributed by atoms with Crippen molar-refractivity contribution in [1.29, 1.82) is 0 Å². The molecule has 3 rings (SSSR count). The number of carbonyl (C=O) groups excluding carboxylic acids is 3. The summed E-state index contributed by atoms with van der Waals surface area (Å²) >= 11 is 13.7. The number of hydrogen-bond donors (Lipinski definition) is 0. The Balaban J connectivity index is 1.50. The fourth-order valence-electron chi connectivity index (χ4n) is 4.89. The summed E-state index contributed by atoms with van der Waals surface area (Å²) in [6.45, 7) is 6.35. The van der Waals surface area contributed by atoms with E-state index < -0.39 is 0 Å². The second-order valence-electron chi connectivity index (χ2n) is 9.59. The molecular weight excluding hydrogens is 533 g/mol. The van der Waals surface area contributed by atoms with Gasteiger partial charge in [-0.3, -0.25) is 14.4 Å². The topological polar surface area (TPSA) is 79.8 Å². The Kier molecular flexibility index (Phi) is 11.4. The van der Waals surface area contributed by atoms with E-state index in [9.17, 15) is 14.4 Å². The number of Topliss-reactive ketones (excluding diaryl/α,β-unsaturated/α-hetero) is 1. The monoisotopic (exact) mass is 567 g/mol. The van der Waals surface area contributed by atoms with Crippen molar-refractivity contribution in [3.63, 3.8) is 0 Å². The molecule has 2 aromatic heterocycles. The summed E-state index contributed by atoms with van der Waals surface area (Å²) in [6, 6.07) is 4.17. The zero-order chi connectivity index (χ0) is 26.9. The fraction of sp³-hybridized carbons (Fsp3) is 0.556. The van der Waals surface area contributed by atoms with E-state index in [2.05, 4.69) is 22.2 Å². The van der Waals surface area contributed by atoms with E-state index in [4.69, 9.17) is 27.9 Å². The summed E-state index contributed by atoms with van der Waals surface area (Å²) in [4.78, 5) is 45.7. The lowest BCUT2D eigenvalue weighted by Crippen LogP contribution is -2.49. The number of methoxy groups -OCH3 is 1. The highest BCUT2D eigenvalue weighted by Crippen LogP contribution is 2.26. The molecule has 1 aliphatic rings. The van der Waals surface area contributed by atoms with Crippen molar-refractivity contribution >= 4 is 52.2 Å². The van der Waals surface area contributed by atoms with Crippen molar-refractivity contribution in [1.82, 2.24) is 14.8 Å². The second-order valence-corrected chi connectivity index (χ2v) is 11.1. The van der Waals surface area contributed by atoms with Crippen LogP contribution >= 0.6 is 34.5 Å². The Morgan fingerprint density at radius 1 is 1.22 bits per heavy atom. The lowest BCUT2D eigenvalue weighted by Gasteiger charge is -2.41. The van der Waals surface area contributed by atoms with Crippen LogP contribution in [-0.4, -0.2) is 64.7 Å². The Labute approximate surface area is 233 Å². The number of thiophene rings is 1. The maximum Gasteiger partial charge on any atom is 0.306 e. The van der Waals surface area contributed by atoms with Crippen molar-refractivity contribution in [3.8, 4) is 0 Å². The van der Waals surface area contributed by atoms with Gasteiger partial charge in [-0.05, 0) is 73.6 Å². The van der Waals surface area contributed by atoms with Crippen LogP contribution in [0.1, 0.15) is 73.4 Å². The highest BCUT2D eigenvalue weighted by molar-refractivity contribution is 7.07. The minimum absolute atomic E-state index is 0.00717. The number of aryl methyl sites for hydroxylation is 1. The first-order valence-corrected chi connectivity index (χ1v) is 14.4. The Bertz CT molecular complexity index is 1050. The van der Waals surface area contributed by atoms with E-state index in [-0.39, 0.29) is 46.8 Å². The number of hydrogen-bond acceptors (Lipinski definition) is 7. The molecule has 1 atom stereocenters. The molecule has 1 aliphatic heterocycles. The molecule has 0 spiro atoms. The van der Waals surface area contributed by atoms with Gasteiger partial charge in [-0.2, -0.15) is 11.3 Å².